The molecule has 0 aliphatic rings. The van der Waals surface area contributed by atoms with E-state index in [1.54, 1.807) is 0 Å². The Balaban J connectivity index is 0. The minimum atomic E-state index is -1.08. The van der Waals surface area contributed by atoms with E-state index in [1.807, 2.05) is 0 Å². The molecule has 0 aliphatic carbocycles. The Morgan fingerprint density at radius 1 is 1.62 bits per heavy atom. The van der Waals surface area contributed by atoms with E-state index < -0.39 is 18.1 Å². The van der Waals surface area contributed by atoms with Gasteiger partial charge in [0.05, 0.1) is 7.11 Å². The number of ether oxygens (including phenoxy) is 1. The highest BCUT2D eigenvalue weighted by molar-refractivity contribution is 5.85. The van der Waals surface area contributed by atoms with E-state index in [4.69, 9.17) is 10.8 Å². The first-order chi connectivity index (χ1) is 5.57. The van der Waals surface area contributed by atoms with E-state index in [0.29, 0.717) is 0 Å². The average molecular weight is 213 g/mol. The Bertz CT molecular complexity index is 176. The van der Waals surface area contributed by atoms with E-state index in [0.717, 1.165) is 0 Å². The second kappa shape index (κ2) is 7.63. The number of nitrogens with two attached hydrogens (primary N) is 1. The molecule has 0 radical (unpaired) electrons. The maximum atomic E-state index is 10.4. The van der Waals surface area contributed by atoms with Crippen molar-refractivity contribution < 1.29 is 19.4 Å². The number of hydrogen-bond acceptors (Lipinski definition) is 4. The minimum Gasteiger partial charge on any atom is -0.480 e. The van der Waals surface area contributed by atoms with Crippen molar-refractivity contribution in [1.29, 1.82) is 0 Å². The monoisotopic (exact) mass is 212 g/mol. The molecule has 0 aromatic heterocycles. The Morgan fingerprint density at radius 3 is 2.54 bits per heavy atom. The third-order valence-electron chi connectivity index (χ3n) is 1.23. The zero-order valence-corrected chi connectivity index (χ0v) is 7.97. The quantitative estimate of drug-likeness (QED) is 0.587. The number of carbonyl (C=O) groups is 2. The molecule has 0 unspecified atom stereocenters. The third-order valence-corrected chi connectivity index (χ3v) is 1.23. The molecule has 1 amide bonds. The Morgan fingerprint density at radius 2 is 2.15 bits per heavy atom. The first-order valence-corrected chi connectivity index (χ1v) is 3.38. The number of alkyl carbamates (subject to hydrolysis) is 1. The fraction of sp³-hybridized carbons (Fsp3) is 0.667. The number of carboxylic acids is 1. The van der Waals surface area contributed by atoms with Crippen LogP contribution >= 0.6 is 12.4 Å². The molecule has 0 aromatic carbocycles. The lowest BCUT2D eigenvalue weighted by molar-refractivity contribution is -0.138. The van der Waals surface area contributed by atoms with Gasteiger partial charge in [-0.1, -0.05) is 0 Å². The van der Waals surface area contributed by atoms with Gasteiger partial charge in [0.25, 0.3) is 0 Å². The number of amides is 1. The maximum Gasteiger partial charge on any atom is 0.406 e. The van der Waals surface area contributed by atoms with Crippen LogP contribution in [-0.4, -0.2) is 36.9 Å². The third kappa shape index (κ3) is 7.35. The summed E-state index contributed by atoms with van der Waals surface area (Å²) in [6.45, 7) is 0.195. The predicted octanol–water partition coefficient (Wildman–Crippen LogP) is -0.434. The molecular formula is C6H13ClN2O4. The van der Waals surface area contributed by atoms with Crippen molar-refractivity contribution in [2.45, 2.75) is 12.5 Å². The molecule has 0 aromatic rings. The van der Waals surface area contributed by atoms with E-state index in [9.17, 15) is 9.59 Å². The number of methoxy groups -OCH3 is 1. The smallest absolute Gasteiger partial charge is 0.406 e. The van der Waals surface area contributed by atoms with Gasteiger partial charge in [-0.25, -0.2) is 4.79 Å². The van der Waals surface area contributed by atoms with E-state index >= 15 is 0 Å². The second-order valence-electron chi connectivity index (χ2n) is 2.15. The highest BCUT2D eigenvalue weighted by Gasteiger charge is 2.10. The van der Waals surface area contributed by atoms with E-state index in [-0.39, 0.29) is 25.4 Å². The molecule has 0 saturated carbocycles. The van der Waals surface area contributed by atoms with Gasteiger partial charge >= 0.3 is 12.1 Å². The first kappa shape index (κ1) is 14.5. The van der Waals surface area contributed by atoms with E-state index in [1.165, 1.54) is 7.11 Å². The SMILES string of the molecule is COC(=O)NCC[C@H](N)C(=O)O.Cl. The molecule has 0 bridgehead atoms. The van der Waals surface area contributed by atoms with E-state index in [2.05, 4.69) is 10.1 Å². The summed E-state index contributed by atoms with van der Waals surface area (Å²) >= 11 is 0. The molecule has 0 spiro atoms. The zero-order chi connectivity index (χ0) is 9.56. The van der Waals surface area contributed by atoms with Crippen LogP contribution in [0.4, 0.5) is 4.79 Å². The van der Waals surface area contributed by atoms with Gasteiger partial charge < -0.3 is 20.9 Å². The molecule has 7 heteroatoms. The van der Waals surface area contributed by atoms with Gasteiger partial charge in [-0.2, -0.15) is 0 Å². The molecule has 4 N–H and O–H groups in total. The molecule has 0 rings (SSSR count). The number of nitrogens with one attached hydrogen (secondary N) is 1. The van der Waals surface area contributed by atoms with Crippen LogP contribution in [0.25, 0.3) is 0 Å². The van der Waals surface area contributed by atoms with Gasteiger partial charge in [0.15, 0.2) is 0 Å². The van der Waals surface area contributed by atoms with Gasteiger partial charge in [-0.3, -0.25) is 4.79 Å². The van der Waals surface area contributed by atoms with Crippen LogP contribution in [0.1, 0.15) is 6.42 Å². The van der Waals surface area contributed by atoms with Crippen molar-refractivity contribution >= 4 is 24.5 Å². The summed E-state index contributed by atoms with van der Waals surface area (Å²) in [6, 6.07) is -0.942. The largest absolute Gasteiger partial charge is 0.480 e. The summed E-state index contributed by atoms with van der Waals surface area (Å²) in [5.74, 6) is -1.08. The molecule has 6 nitrogen and oxygen atoms in total. The predicted molar refractivity (Wildman–Crippen MR) is 47.9 cm³/mol. The average Bonchev–Trinajstić information content (AvgIpc) is 2.03. The number of rotatable bonds is 4. The number of carboxylic acid groups (broad SMARTS) is 1. The summed E-state index contributed by atoms with van der Waals surface area (Å²) in [7, 11) is 1.23. The fourth-order valence-electron chi connectivity index (χ4n) is 0.525. The van der Waals surface area contributed by atoms with Crippen LogP contribution in [0.3, 0.4) is 0 Å². The Hall–Kier alpha value is -1.01. The molecule has 0 fully saturated rings. The van der Waals surface area contributed by atoms with Gasteiger partial charge in [0, 0.05) is 6.54 Å². The van der Waals surface area contributed by atoms with Crippen molar-refractivity contribution in [2.75, 3.05) is 13.7 Å². The molecule has 78 valence electrons. The topological polar surface area (TPSA) is 102 Å². The fourth-order valence-corrected chi connectivity index (χ4v) is 0.525. The summed E-state index contributed by atoms with van der Waals surface area (Å²) in [6.07, 6.45) is -0.405. The van der Waals surface area contributed by atoms with Gasteiger partial charge in [-0.05, 0) is 6.42 Å². The zero-order valence-electron chi connectivity index (χ0n) is 7.15. The van der Waals surface area contributed by atoms with Crippen molar-refractivity contribution in [3.63, 3.8) is 0 Å². The van der Waals surface area contributed by atoms with Gasteiger partial charge in [0.1, 0.15) is 6.04 Å². The van der Waals surface area contributed by atoms with Crippen molar-refractivity contribution in [3.05, 3.63) is 0 Å². The summed E-state index contributed by atoms with van der Waals surface area (Å²) in [4.78, 5) is 20.6. The van der Waals surface area contributed by atoms with Crippen LogP contribution in [0.2, 0.25) is 0 Å². The molecule has 0 aliphatic heterocycles. The van der Waals surface area contributed by atoms with Gasteiger partial charge in [-0.15, -0.1) is 12.4 Å². The second-order valence-corrected chi connectivity index (χ2v) is 2.15. The molecule has 13 heavy (non-hydrogen) atoms. The standard InChI is InChI=1S/C6H12N2O4.ClH/c1-12-6(11)8-3-2-4(7)5(9)10;/h4H,2-3,7H2,1H3,(H,8,11)(H,9,10);1H/t4-;/m0./s1. The number of carbonyl (C=O) groups excluding carboxylic acids is 1. The van der Waals surface area contributed by atoms with Crippen LogP contribution in [-0.2, 0) is 9.53 Å². The number of aliphatic carboxylic acids is 1. The van der Waals surface area contributed by atoms with Crippen LogP contribution < -0.4 is 11.1 Å². The number of halogens is 1. The lowest BCUT2D eigenvalue weighted by atomic mass is 10.2. The van der Waals surface area contributed by atoms with Crippen molar-refractivity contribution in [1.82, 2.24) is 5.32 Å². The normalized spacial score (nSPS) is 10.9. The summed E-state index contributed by atoms with van der Waals surface area (Å²) in [5.41, 5.74) is 5.15. The molecule has 0 saturated heterocycles. The lowest BCUT2D eigenvalue weighted by Crippen LogP contribution is -2.35. The molecule has 1 atom stereocenters. The summed E-state index contributed by atoms with van der Waals surface area (Å²) < 4.78 is 4.25. The Kier molecular flexibility index (Phi) is 8.52. The van der Waals surface area contributed by atoms with Crippen molar-refractivity contribution in [2.24, 2.45) is 5.73 Å². The highest BCUT2D eigenvalue weighted by Crippen LogP contribution is 1.85. The van der Waals surface area contributed by atoms with Crippen LogP contribution in [0, 0.1) is 0 Å². The lowest BCUT2D eigenvalue weighted by Gasteiger charge is -2.06. The molecule has 0 heterocycles. The minimum absolute atomic E-state index is 0. The number of hydrogen-bond donors (Lipinski definition) is 3. The van der Waals surface area contributed by atoms with Crippen LogP contribution in [0.5, 0.6) is 0 Å². The van der Waals surface area contributed by atoms with Crippen LogP contribution in [0.15, 0.2) is 0 Å². The highest BCUT2D eigenvalue weighted by atomic mass is 35.5. The van der Waals surface area contributed by atoms with Gasteiger partial charge in [0.2, 0.25) is 0 Å². The maximum absolute atomic E-state index is 10.4. The van der Waals surface area contributed by atoms with Crippen molar-refractivity contribution in [3.8, 4) is 0 Å². The Labute approximate surface area is 81.8 Å². The summed E-state index contributed by atoms with van der Waals surface area (Å²) in [5, 5.41) is 10.6. The molecular weight excluding hydrogens is 200 g/mol. The first-order valence-electron chi connectivity index (χ1n) is 3.38.